The Morgan fingerprint density at radius 3 is 2.72 bits per heavy atom. The van der Waals surface area contributed by atoms with Crippen LogP contribution >= 0.6 is 11.3 Å². The summed E-state index contributed by atoms with van der Waals surface area (Å²) in [6.07, 6.45) is 0.322. The second kappa shape index (κ2) is 8.08. The van der Waals surface area contributed by atoms with Crippen LogP contribution in [0.25, 0.3) is 10.6 Å². The van der Waals surface area contributed by atoms with E-state index in [-0.39, 0.29) is 11.4 Å². The van der Waals surface area contributed by atoms with Crippen LogP contribution < -0.4 is 5.32 Å². The maximum absolute atomic E-state index is 12.3. The van der Waals surface area contributed by atoms with Gasteiger partial charge in [0.05, 0.1) is 25.3 Å². The molecule has 0 aliphatic carbocycles. The third-order valence-electron chi connectivity index (χ3n) is 4.50. The Labute approximate surface area is 153 Å². The molecule has 1 saturated heterocycles. The zero-order chi connectivity index (χ0) is 17.7. The molecule has 0 radical (unpaired) electrons. The molecule has 0 bridgehead atoms. The minimum Gasteiger partial charge on any atom is -0.379 e. The van der Waals surface area contributed by atoms with E-state index < -0.39 is 0 Å². The minimum atomic E-state index is -0.0727. The highest BCUT2D eigenvalue weighted by atomic mass is 32.1. The number of benzene rings is 1. The quantitative estimate of drug-likeness (QED) is 0.861. The molecule has 3 rings (SSSR count). The zero-order valence-electron chi connectivity index (χ0n) is 14.8. The van der Waals surface area contributed by atoms with Gasteiger partial charge in [-0.3, -0.25) is 9.69 Å². The van der Waals surface area contributed by atoms with Crippen LogP contribution in [0.1, 0.15) is 19.5 Å². The zero-order valence-corrected chi connectivity index (χ0v) is 15.6. The van der Waals surface area contributed by atoms with Crippen LogP contribution in [0.5, 0.6) is 0 Å². The number of rotatable bonds is 6. The van der Waals surface area contributed by atoms with Crippen molar-refractivity contribution in [3.63, 3.8) is 0 Å². The Hall–Kier alpha value is -1.76. The van der Waals surface area contributed by atoms with Crippen LogP contribution in [0.3, 0.4) is 0 Å². The molecule has 1 aromatic carbocycles. The molecule has 0 saturated carbocycles. The van der Waals surface area contributed by atoms with E-state index in [1.54, 1.807) is 11.3 Å². The monoisotopic (exact) mass is 359 g/mol. The van der Waals surface area contributed by atoms with Crippen LogP contribution in [0.15, 0.2) is 35.7 Å². The van der Waals surface area contributed by atoms with E-state index in [1.165, 1.54) is 0 Å². The van der Waals surface area contributed by atoms with Gasteiger partial charge in [0.2, 0.25) is 5.91 Å². The number of carbonyl (C=O) groups is 1. The first-order valence-corrected chi connectivity index (χ1v) is 9.52. The Morgan fingerprint density at radius 1 is 1.28 bits per heavy atom. The highest BCUT2D eigenvalue weighted by Gasteiger charge is 2.28. The average molecular weight is 359 g/mol. The van der Waals surface area contributed by atoms with Gasteiger partial charge in [-0.05, 0) is 13.8 Å². The highest BCUT2D eigenvalue weighted by Crippen LogP contribution is 2.23. The van der Waals surface area contributed by atoms with E-state index in [1.807, 2.05) is 35.7 Å². The van der Waals surface area contributed by atoms with Crippen molar-refractivity contribution in [2.24, 2.45) is 0 Å². The number of carbonyl (C=O) groups excluding carboxylic acids is 1. The largest absolute Gasteiger partial charge is 0.379 e. The SMILES string of the molecule is CC(C)(CNC(=O)Cc1csc(-c2ccccc2)n1)N1CCOCC1. The standard InChI is InChI=1S/C19H25N3O2S/c1-19(2,22-8-10-24-11-9-22)14-20-17(23)12-16-13-25-18(21-16)15-6-4-3-5-7-15/h3-7,13H,8-12,14H2,1-2H3,(H,20,23). The first-order chi connectivity index (χ1) is 12.0. The molecular formula is C19H25N3O2S. The van der Waals surface area contributed by atoms with Crippen molar-refractivity contribution in [3.8, 4) is 10.6 Å². The van der Waals surface area contributed by atoms with Gasteiger partial charge in [0, 0.05) is 36.1 Å². The molecule has 0 spiro atoms. The number of nitrogens with one attached hydrogen (secondary N) is 1. The second-order valence-electron chi connectivity index (χ2n) is 6.88. The van der Waals surface area contributed by atoms with Crippen molar-refractivity contribution >= 4 is 17.2 Å². The van der Waals surface area contributed by atoms with Gasteiger partial charge in [0.25, 0.3) is 0 Å². The molecule has 1 fully saturated rings. The van der Waals surface area contributed by atoms with Crippen LogP contribution in [0.2, 0.25) is 0 Å². The number of ether oxygens (including phenoxy) is 1. The van der Waals surface area contributed by atoms with E-state index >= 15 is 0 Å². The van der Waals surface area contributed by atoms with Gasteiger partial charge in [0.1, 0.15) is 5.01 Å². The van der Waals surface area contributed by atoms with Crippen molar-refractivity contribution in [3.05, 3.63) is 41.4 Å². The number of nitrogens with zero attached hydrogens (tertiary/aromatic N) is 2. The first-order valence-electron chi connectivity index (χ1n) is 8.64. The first kappa shape index (κ1) is 18.0. The van der Waals surface area contributed by atoms with Crippen molar-refractivity contribution in [1.82, 2.24) is 15.2 Å². The topological polar surface area (TPSA) is 54.5 Å². The fourth-order valence-corrected chi connectivity index (χ4v) is 3.75. The number of hydrogen-bond acceptors (Lipinski definition) is 5. The molecule has 134 valence electrons. The van der Waals surface area contributed by atoms with E-state index in [0.29, 0.717) is 13.0 Å². The summed E-state index contributed by atoms with van der Waals surface area (Å²) in [6.45, 7) is 8.30. The van der Waals surface area contributed by atoms with E-state index in [9.17, 15) is 4.79 Å². The molecule has 6 heteroatoms. The summed E-state index contributed by atoms with van der Waals surface area (Å²) in [4.78, 5) is 19.3. The maximum atomic E-state index is 12.3. The summed E-state index contributed by atoms with van der Waals surface area (Å²) >= 11 is 1.58. The van der Waals surface area contributed by atoms with Crippen molar-refractivity contribution in [1.29, 1.82) is 0 Å². The summed E-state index contributed by atoms with van der Waals surface area (Å²) < 4.78 is 5.40. The fourth-order valence-electron chi connectivity index (χ4n) is 2.92. The molecule has 1 amide bonds. The summed E-state index contributed by atoms with van der Waals surface area (Å²) in [5.41, 5.74) is 1.84. The average Bonchev–Trinajstić information content (AvgIpc) is 3.10. The Morgan fingerprint density at radius 2 is 2.00 bits per heavy atom. The molecule has 5 nitrogen and oxygen atoms in total. The lowest BCUT2D eigenvalue weighted by molar-refractivity contribution is -0.121. The van der Waals surface area contributed by atoms with Crippen LogP contribution in [-0.2, 0) is 16.0 Å². The fraction of sp³-hybridized carbons (Fsp3) is 0.474. The van der Waals surface area contributed by atoms with E-state index in [0.717, 1.165) is 42.6 Å². The Balaban J connectivity index is 1.52. The van der Waals surface area contributed by atoms with Gasteiger partial charge in [0.15, 0.2) is 0 Å². The predicted molar refractivity (Wildman–Crippen MR) is 101 cm³/mol. The van der Waals surface area contributed by atoms with Gasteiger partial charge in [-0.25, -0.2) is 4.98 Å². The third-order valence-corrected chi connectivity index (χ3v) is 5.44. The van der Waals surface area contributed by atoms with Crippen LogP contribution in [0.4, 0.5) is 0 Å². The smallest absolute Gasteiger partial charge is 0.226 e. The number of amides is 1. The molecular weight excluding hydrogens is 334 g/mol. The number of hydrogen-bond donors (Lipinski definition) is 1. The summed E-state index contributed by atoms with van der Waals surface area (Å²) in [6, 6.07) is 10.1. The third kappa shape index (κ3) is 4.87. The Bertz CT molecular complexity index is 694. The lowest BCUT2D eigenvalue weighted by Crippen LogP contribution is -2.55. The number of thiazole rings is 1. The van der Waals surface area contributed by atoms with Crippen molar-refractivity contribution < 1.29 is 9.53 Å². The molecule has 2 aromatic rings. The molecule has 25 heavy (non-hydrogen) atoms. The minimum absolute atomic E-state index is 0.0197. The van der Waals surface area contributed by atoms with Gasteiger partial charge < -0.3 is 10.1 Å². The van der Waals surface area contributed by atoms with Gasteiger partial charge >= 0.3 is 0 Å². The normalized spacial score (nSPS) is 15.9. The lowest BCUT2D eigenvalue weighted by atomic mass is 10.0. The number of aromatic nitrogens is 1. The molecule has 1 aliphatic rings. The summed E-state index contributed by atoms with van der Waals surface area (Å²) in [5, 5.41) is 5.98. The molecule has 2 heterocycles. The predicted octanol–water partition coefficient (Wildman–Crippen LogP) is 2.58. The van der Waals surface area contributed by atoms with E-state index in [4.69, 9.17) is 4.74 Å². The van der Waals surface area contributed by atoms with Crippen LogP contribution in [0, 0.1) is 0 Å². The molecule has 0 unspecified atom stereocenters. The van der Waals surface area contributed by atoms with E-state index in [2.05, 4.69) is 29.0 Å². The highest BCUT2D eigenvalue weighted by molar-refractivity contribution is 7.13. The second-order valence-corrected chi connectivity index (χ2v) is 7.73. The van der Waals surface area contributed by atoms with Crippen molar-refractivity contribution in [2.45, 2.75) is 25.8 Å². The molecule has 1 aromatic heterocycles. The van der Waals surface area contributed by atoms with Gasteiger partial charge in [-0.2, -0.15) is 0 Å². The molecule has 0 atom stereocenters. The molecule has 1 aliphatic heterocycles. The lowest BCUT2D eigenvalue weighted by Gasteiger charge is -2.40. The van der Waals surface area contributed by atoms with Crippen LogP contribution in [-0.4, -0.2) is 54.2 Å². The number of morpholine rings is 1. The van der Waals surface area contributed by atoms with Gasteiger partial charge in [-0.1, -0.05) is 30.3 Å². The van der Waals surface area contributed by atoms with Crippen molar-refractivity contribution in [2.75, 3.05) is 32.8 Å². The Kier molecular flexibility index (Phi) is 5.83. The summed E-state index contributed by atoms with van der Waals surface area (Å²) in [5.74, 6) is 0.0197. The molecule has 1 N–H and O–H groups in total. The maximum Gasteiger partial charge on any atom is 0.226 e. The van der Waals surface area contributed by atoms with Gasteiger partial charge in [-0.15, -0.1) is 11.3 Å². The summed E-state index contributed by atoms with van der Waals surface area (Å²) in [7, 11) is 0.